The molecule has 1 unspecified atom stereocenters. The number of ether oxygens (including phenoxy) is 1. The van der Waals surface area contributed by atoms with E-state index in [4.69, 9.17) is 4.74 Å². The van der Waals surface area contributed by atoms with Gasteiger partial charge in [-0.25, -0.2) is 14.8 Å². The molecule has 1 N–H and O–H groups in total. The first-order valence-corrected chi connectivity index (χ1v) is 9.37. The molecular weight excluding hydrogens is 318 g/mol. The Hall–Kier alpha value is -1.89. The third-order valence-electron chi connectivity index (χ3n) is 5.72. The fourth-order valence-electron chi connectivity index (χ4n) is 4.23. The van der Waals surface area contributed by atoms with E-state index >= 15 is 0 Å². The fraction of sp³-hybridized carbons (Fsp3) is 0.722. The van der Waals surface area contributed by atoms with Gasteiger partial charge < -0.3 is 19.9 Å². The minimum atomic E-state index is -0.120. The molecule has 1 aromatic rings. The largest absolute Gasteiger partial charge is 0.371 e. The second kappa shape index (κ2) is 6.78. The van der Waals surface area contributed by atoms with Crippen molar-refractivity contribution in [3.05, 3.63) is 18.0 Å². The second-order valence-electron chi connectivity index (χ2n) is 7.53. The molecule has 0 aromatic carbocycles. The molecule has 1 atom stereocenters. The number of urea groups is 1. The molecule has 7 heteroatoms. The highest BCUT2D eigenvalue weighted by Gasteiger charge is 2.54. The number of nitrogens with one attached hydrogen (secondary N) is 1. The third kappa shape index (κ3) is 3.29. The summed E-state index contributed by atoms with van der Waals surface area (Å²) in [7, 11) is 0. The lowest BCUT2D eigenvalue weighted by molar-refractivity contribution is -0.118. The van der Waals surface area contributed by atoms with E-state index in [-0.39, 0.29) is 11.6 Å². The van der Waals surface area contributed by atoms with E-state index in [2.05, 4.69) is 15.3 Å². The number of amides is 2. The lowest BCUT2D eigenvalue weighted by atomic mass is 9.79. The van der Waals surface area contributed by atoms with Crippen molar-refractivity contribution in [1.82, 2.24) is 19.8 Å². The average Bonchev–Trinajstić information content (AvgIpc) is 3.24. The Kier molecular flexibility index (Phi) is 4.50. The number of hydrogen-bond donors (Lipinski definition) is 1. The second-order valence-corrected chi connectivity index (χ2v) is 7.53. The van der Waals surface area contributed by atoms with Crippen LogP contribution in [-0.4, -0.2) is 70.7 Å². The highest BCUT2D eigenvalue weighted by molar-refractivity contribution is 5.76. The SMILES string of the molecule is Cc1cnc(NCCC2CCOC23CN(C(=O)N2CCCC2)C3)nc1. The lowest BCUT2D eigenvalue weighted by Crippen LogP contribution is -2.67. The predicted octanol–water partition coefficient (Wildman–Crippen LogP) is 1.89. The van der Waals surface area contributed by atoms with Crippen molar-refractivity contribution in [2.24, 2.45) is 5.92 Å². The minimum absolute atomic E-state index is 0.120. The van der Waals surface area contributed by atoms with Crippen LogP contribution in [0.25, 0.3) is 0 Å². The van der Waals surface area contributed by atoms with Crippen LogP contribution in [0.15, 0.2) is 12.4 Å². The van der Waals surface area contributed by atoms with Gasteiger partial charge >= 0.3 is 6.03 Å². The average molecular weight is 345 g/mol. The van der Waals surface area contributed by atoms with Gasteiger partial charge in [-0.2, -0.15) is 0 Å². The lowest BCUT2D eigenvalue weighted by Gasteiger charge is -2.51. The smallest absolute Gasteiger partial charge is 0.320 e. The third-order valence-corrected chi connectivity index (χ3v) is 5.72. The van der Waals surface area contributed by atoms with Gasteiger partial charge in [-0.1, -0.05) is 0 Å². The quantitative estimate of drug-likeness (QED) is 0.902. The Morgan fingerprint density at radius 2 is 2.00 bits per heavy atom. The van der Waals surface area contributed by atoms with Gasteiger partial charge in [0.2, 0.25) is 5.95 Å². The Bertz CT molecular complexity index is 608. The van der Waals surface area contributed by atoms with Crippen LogP contribution in [0.2, 0.25) is 0 Å². The molecule has 1 spiro atoms. The summed E-state index contributed by atoms with van der Waals surface area (Å²) in [6.45, 7) is 6.92. The first-order valence-electron chi connectivity index (χ1n) is 9.37. The van der Waals surface area contributed by atoms with Crippen LogP contribution in [0.3, 0.4) is 0 Å². The van der Waals surface area contributed by atoms with Crippen molar-refractivity contribution >= 4 is 12.0 Å². The highest BCUT2D eigenvalue weighted by Crippen LogP contribution is 2.42. The molecule has 0 radical (unpaired) electrons. The zero-order chi connectivity index (χ0) is 17.3. The van der Waals surface area contributed by atoms with Crippen LogP contribution in [0.4, 0.5) is 10.7 Å². The molecule has 1 aromatic heterocycles. The van der Waals surface area contributed by atoms with E-state index in [1.54, 1.807) is 0 Å². The van der Waals surface area contributed by atoms with Crippen LogP contribution in [0.5, 0.6) is 0 Å². The van der Waals surface area contributed by atoms with Gasteiger partial charge in [0, 0.05) is 38.6 Å². The van der Waals surface area contributed by atoms with E-state index in [9.17, 15) is 4.79 Å². The molecule has 3 saturated heterocycles. The maximum atomic E-state index is 12.5. The summed E-state index contributed by atoms with van der Waals surface area (Å²) in [5.74, 6) is 1.17. The van der Waals surface area contributed by atoms with E-state index in [1.807, 2.05) is 29.1 Å². The molecule has 136 valence electrons. The Morgan fingerprint density at radius 1 is 1.28 bits per heavy atom. The van der Waals surface area contributed by atoms with Gasteiger partial charge in [0.25, 0.3) is 0 Å². The topological polar surface area (TPSA) is 70.6 Å². The molecule has 25 heavy (non-hydrogen) atoms. The Morgan fingerprint density at radius 3 is 2.72 bits per heavy atom. The zero-order valence-corrected chi connectivity index (χ0v) is 14.9. The van der Waals surface area contributed by atoms with Gasteiger partial charge in [-0.3, -0.25) is 0 Å². The summed E-state index contributed by atoms with van der Waals surface area (Å²) in [5.41, 5.74) is 0.941. The van der Waals surface area contributed by atoms with Crippen molar-refractivity contribution in [2.75, 3.05) is 44.6 Å². The summed E-state index contributed by atoms with van der Waals surface area (Å²) in [6, 6.07) is 0.198. The Labute approximate surface area is 148 Å². The maximum absolute atomic E-state index is 12.5. The molecular formula is C18H27N5O2. The number of hydrogen-bond acceptors (Lipinski definition) is 5. The van der Waals surface area contributed by atoms with Crippen molar-refractivity contribution in [3.8, 4) is 0 Å². The van der Waals surface area contributed by atoms with E-state index < -0.39 is 0 Å². The van der Waals surface area contributed by atoms with E-state index in [0.29, 0.717) is 11.9 Å². The summed E-state index contributed by atoms with van der Waals surface area (Å²) in [4.78, 5) is 25.0. The van der Waals surface area contributed by atoms with Gasteiger partial charge in [0.15, 0.2) is 0 Å². The molecule has 0 saturated carbocycles. The van der Waals surface area contributed by atoms with Crippen molar-refractivity contribution in [3.63, 3.8) is 0 Å². The minimum Gasteiger partial charge on any atom is -0.371 e. The Balaban J connectivity index is 1.26. The molecule has 2 amide bonds. The standard InChI is InChI=1S/C18H27N5O2/c1-14-10-20-16(21-11-14)19-6-4-15-5-9-25-18(15)12-23(13-18)17(24)22-7-2-3-8-22/h10-11,15H,2-9,12-13H2,1H3,(H,19,20,21). The monoisotopic (exact) mass is 345 g/mol. The summed E-state index contributed by atoms with van der Waals surface area (Å²) < 4.78 is 6.08. The summed E-state index contributed by atoms with van der Waals surface area (Å²) in [6.07, 6.45) is 8.00. The number of carbonyl (C=O) groups excluding carboxylic acids is 1. The number of likely N-dealkylation sites (tertiary alicyclic amines) is 2. The summed E-state index contributed by atoms with van der Waals surface area (Å²) >= 11 is 0. The normalized spacial score (nSPS) is 24.6. The number of anilines is 1. The van der Waals surface area contributed by atoms with Gasteiger partial charge in [-0.05, 0) is 44.1 Å². The number of rotatable bonds is 4. The highest BCUT2D eigenvalue weighted by atomic mass is 16.5. The number of aromatic nitrogens is 2. The molecule has 0 aliphatic carbocycles. The molecule has 3 fully saturated rings. The van der Waals surface area contributed by atoms with Crippen molar-refractivity contribution < 1.29 is 9.53 Å². The first kappa shape index (κ1) is 16.6. The molecule has 7 nitrogen and oxygen atoms in total. The van der Waals surface area contributed by atoms with Crippen LogP contribution >= 0.6 is 0 Å². The van der Waals surface area contributed by atoms with E-state index in [1.165, 1.54) is 0 Å². The number of aryl methyl sites for hydroxylation is 1. The van der Waals surface area contributed by atoms with Crippen LogP contribution in [0.1, 0.15) is 31.2 Å². The molecule has 0 bridgehead atoms. The van der Waals surface area contributed by atoms with Crippen LogP contribution < -0.4 is 5.32 Å². The van der Waals surface area contributed by atoms with Crippen LogP contribution in [-0.2, 0) is 4.74 Å². The van der Waals surface area contributed by atoms with Gasteiger partial charge in [-0.15, -0.1) is 0 Å². The van der Waals surface area contributed by atoms with Crippen LogP contribution in [0, 0.1) is 12.8 Å². The predicted molar refractivity (Wildman–Crippen MR) is 94.4 cm³/mol. The molecule has 3 aliphatic rings. The molecule has 4 heterocycles. The van der Waals surface area contributed by atoms with Gasteiger partial charge in [0.05, 0.1) is 13.1 Å². The first-order chi connectivity index (χ1) is 12.2. The number of nitrogens with zero attached hydrogens (tertiary/aromatic N) is 4. The summed E-state index contributed by atoms with van der Waals surface area (Å²) in [5, 5.41) is 3.30. The molecule has 3 aliphatic heterocycles. The zero-order valence-electron chi connectivity index (χ0n) is 14.9. The van der Waals surface area contributed by atoms with Gasteiger partial charge in [0.1, 0.15) is 5.60 Å². The fourth-order valence-corrected chi connectivity index (χ4v) is 4.23. The van der Waals surface area contributed by atoms with Crippen molar-refractivity contribution in [2.45, 2.75) is 38.2 Å². The molecule has 4 rings (SSSR count). The van der Waals surface area contributed by atoms with Crippen molar-refractivity contribution in [1.29, 1.82) is 0 Å². The number of carbonyl (C=O) groups is 1. The maximum Gasteiger partial charge on any atom is 0.320 e. The van der Waals surface area contributed by atoms with E-state index in [0.717, 1.165) is 70.6 Å².